The van der Waals surface area contributed by atoms with Crippen molar-refractivity contribution in [3.63, 3.8) is 0 Å². The first kappa shape index (κ1) is 14.9. The summed E-state index contributed by atoms with van der Waals surface area (Å²) >= 11 is 7.04. The number of amides is 1. The molecule has 94 valence electrons. The van der Waals surface area contributed by atoms with Crippen LogP contribution in [0.25, 0.3) is 0 Å². The van der Waals surface area contributed by atoms with E-state index in [0.717, 1.165) is 0 Å². The molecular formula is C13H12ClNO2W. The van der Waals surface area contributed by atoms with Crippen LogP contribution in [0.4, 0.5) is 0 Å². The molecule has 0 aliphatic rings. The van der Waals surface area contributed by atoms with E-state index in [-0.39, 0.29) is 5.91 Å². The minimum absolute atomic E-state index is 0.150. The molecule has 0 aliphatic carbocycles. The van der Waals surface area contributed by atoms with Gasteiger partial charge in [-0.2, -0.15) is 0 Å². The Kier molecular flexibility index (Phi) is 6.62. The molecule has 0 unspecified atom stereocenters. The second kappa shape index (κ2) is 8.01. The molecule has 1 aromatic carbocycles. The fourth-order valence-corrected chi connectivity index (χ4v) is 1.78. The van der Waals surface area contributed by atoms with Crippen molar-refractivity contribution in [3.8, 4) is 5.75 Å². The number of carbonyl (C=O) groups excluding carboxylic acids is 1. The topological polar surface area (TPSA) is 38.3 Å². The third-order valence-corrected chi connectivity index (χ3v) is 2.74. The molecule has 0 fully saturated rings. The summed E-state index contributed by atoms with van der Waals surface area (Å²) in [5, 5.41) is 3.22. The van der Waals surface area contributed by atoms with Gasteiger partial charge >= 0.3 is 122 Å². The molecule has 1 rings (SSSR count). The molecule has 0 saturated heterocycles. The molecule has 18 heavy (non-hydrogen) atoms. The Balaban J connectivity index is 2.68. The van der Waals surface area contributed by atoms with Crippen LogP contribution in [0, 0.1) is 0 Å². The Morgan fingerprint density at radius 3 is 2.61 bits per heavy atom. The summed E-state index contributed by atoms with van der Waals surface area (Å²) in [5.74, 6) is 0.515. The van der Waals surface area contributed by atoms with Gasteiger partial charge in [-0.3, -0.25) is 0 Å². The Morgan fingerprint density at radius 1 is 1.39 bits per heavy atom. The summed E-state index contributed by atoms with van der Waals surface area (Å²) in [7, 11) is 1.59. The van der Waals surface area contributed by atoms with Gasteiger partial charge in [0.25, 0.3) is 0 Å². The third-order valence-electron chi connectivity index (χ3n) is 2.00. The summed E-state index contributed by atoms with van der Waals surface area (Å²) in [5.41, 5.74) is 0.543. The molecule has 0 aliphatic heterocycles. The van der Waals surface area contributed by atoms with Crippen LogP contribution in [0.1, 0.15) is 0 Å². The Morgan fingerprint density at radius 2 is 2.06 bits per heavy atom. The van der Waals surface area contributed by atoms with Crippen molar-refractivity contribution < 1.29 is 28.9 Å². The van der Waals surface area contributed by atoms with E-state index in [1.54, 1.807) is 43.5 Å². The average Bonchev–Trinajstić information content (AvgIpc) is 2.39. The van der Waals surface area contributed by atoms with E-state index >= 15 is 0 Å². The van der Waals surface area contributed by atoms with Crippen molar-refractivity contribution in [1.82, 2.24) is 5.32 Å². The molecular weight excluding hydrogens is 421 g/mol. The van der Waals surface area contributed by atoms with Crippen molar-refractivity contribution in [3.05, 3.63) is 53.3 Å². The zero-order chi connectivity index (χ0) is 13.4. The van der Waals surface area contributed by atoms with E-state index in [2.05, 4.69) is 5.32 Å². The number of hydrogen-bond acceptors (Lipinski definition) is 2. The number of ether oxygens (including phenoxy) is 1. The molecule has 0 heterocycles. The zero-order valence-electron chi connectivity index (χ0n) is 9.72. The number of hydrogen-bond donors (Lipinski definition) is 1. The minimum atomic E-state index is -0.150. The van der Waals surface area contributed by atoms with E-state index in [1.165, 1.54) is 25.6 Å². The van der Waals surface area contributed by atoms with Gasteiger partial charge in [0, 0.05) is 0 Å². The summed E-state index contributed by atoms with van der Waals surface area (Å²) in [6, 6.07) is 6.99. The zero-order valence-corrected chi connectivity index (χ0v) is 13.4. The third kappa shape index (κ3) is 4.99. The van der Waals surface area contributed by atoms with Crippen LogP contribution in [0.3, 0.4) is 0 Å². The Hall–Kier alpha value is -1.18. The van der Waals surface area contributed by atoms with Crippen LogP contribution >= 0.6 is 11.6 Å². The van der Waals surface area contributed by atoms with Gasteiger partial charge in [-0.25, -0.2) is 0 Å². The number of halogens is 1. The molecule has 0 spiro atoms. The molecule has 3 nitrogen and oxygen atoms in total. The second-order valence-electron chi connectivity index (χ2n) is 3.21. The van der Waals surface area contributed by atoms with Crippen molar-refractivity contribution >= 4 is 21.9 Å². The maximum atomic E-state index is 11.5. The Bertz CT molecular complexity index is 480. The van der Waals surface area contributed by atoms with Gasteiger partial charge in [0.05, 0.1) is 0 Å². The van der Waals surface area contributed by atoms with Crippen molar-refractivity contribution in [2.45, 2.75) is 0 Å². The molecule has 0 atom stereocenters. The summed E-state index contributed by atoms with van der Waals surface area (Å²) in [6.07, 6.45) is 4.84. The molecule has 0 radical (unpaired) electrons. The predicted molar refractivity (Wildman–Crippen MR) is 69.4 cm³/mol. The normalized spacial score (nSPS) is 11.3. The van der Waals surface area contributed by atoms with E-state index in [1.807, 2.05) is 4.40 Å². The van der Waals surface area contributed by atoms with Crippen LogP contribution in [-0.4, -0.2) is 17.4 Å². The maximum absolute atomic E-state index is 11.5. The van der Waals surface area contributed by atoms with E-state index in [4.69, 9.17) is 16.3 Å². The van der Waals surface area contributed by atoms with Gasteiger partial charge in [-0.1, -0.05) is 0 Å². The fourth-order valence-electron chi connectivity index (χ4n) is 1.12. The van der Waals surface area contributed by atoms with E-state index in [0.29, 0.717) is 16.3 Å². The molecule has 1 N–H and O–H groups in total. The molecule has 0 bridgehead atoms. The Labute approximate surface area is 122 Å². The SMILES string of the molecule is CNC(=O)/C(C=COc1ccc(Cl)cc1)=C/[CH]=[W]. The fraction of sp³-hybridized carbons (Fsp3) is 0.0769. The van der Waals surface area contributed by atoms with Gasteiger partial charge in [-0.15, -0.1) is 0 Å². The second-order valence-corrected chi connectivity index (χ2v) is 4.63. The summed E-state index contributed by atoms with van der Waals surface area (Å²) in [4.78, 5) is 11.5. The van der Waals surface area contributed by atoms with Crippen molar-refractivity contribution in [2.24, 2.45) is 0 Å². The molecule has 5 heteroatoms. The first-order valence-electron chi connectivity index (χ1n) is 5.13. The number of benzene rings is 1. The van der Waals surface area contributed by atoms with E-state index in [9.17, 15) is 4.79 Å². The number of nitrogens with one attached hydrogen (secondary N) is 1. The predicted octanol–water partition coefficient (Wildman–Crippen LogP) is 2.25. The van der Waals surface area contributed by atoms with Crippen LogP contribution in [0.5, 0.6) is 5.75 Å². The van der Waals surface area contributed by atoms with Crippen molar-refractivity contribution in [2.75, 3.05) is 7.05 Å². The first-order valence-corrected chi connectivity index (χ1v) is 7.21. The van der Waals surface area contributed by atoms with Crippen LogP contribution < -0.4 is 10.1 Å². The van der Waals surface area contributed by atoms with Crippen LogP contribution in [0.15, 0.2) is 48.3 Å². The van der Waals surface area contributed by atoms with Gasteiger partial charge in [0.1, 0.15) is 0 Å². The standard InChI is InChI=1S/C13H12ClNO2.W/c1-3-10(13(16)15-2)8-9-17-12-6-4-11(14)5-7-12;/h1,3-9H,2H3,(H,15,16);/b9-8?,10-3+;. The summed E-state index contributed by atoms with van der Waals surface area (Å²) in [6.45, 7) is 0. The van der Waals surface area contributed by atoms with Crippen molar-refractivity contribution in [1.29, 1.82) is 0 Å². The number of rotatable bonds is 5. The van der Waals surface area contributed by atoms with Gasteiger partial charge in [0.15, 0.2) is 0 Å². The first-order chi connectivity index (χ1) is 8.67. The van der Waals surface area contributed by atoms with Crippen LogP contribution in [-0.2, 0) is 24.1 Å². The van der Waals surface area contributed by atoms with Crippen LogP contribution in [0.2, 0.25) is 5.02 Å². The molecule has 1 aromatic rings. The molecule has 0 saturated carbocycles. The van der Waals surface area contributed by atoms with E-state index < -0.39 is 0 Å². The number of carbonyl (C=O) groups is 1. The molecule has 1 amide bonds. The summed E-state index contributed by atoms with van der Waals surface area (Å²) < 4.78 is 7.24. The molecule has 0 aromatic heterocycles. The van der Waals surface area contributed by atoms with Gasteiger partial charge in [0.2, 0.25) is 0 Å². The monoisotopic (exact) mass is 433 g/mol. The average molecular weight is 434 g/mol. The number of likely N-dealkylation sites (N-methyl/N-ethyl adjacent to an activating group) is 1. The van der Waals surface area contributed by atoms with Gasteiger partial charge < -0.3 is 0 Å². The quantitative estimate of drug-likeness (QED) is 0.440. The number of allylic oxidation sites excluding steroid dienone is 1. The van der Waals surface area contributed by atoms with Gasteiger partial charge in [-0.05, 0) is 0 Å².